The zero-order chi connectivity index (χ0) is 25.9. The van der Waals surface area contributed by atoms with Gasteiger partial charge in [0.25, 0.3) is 17.7 Å². The Balaban J connectivity index is 1.48. The number of carbonyl (C=O) groups excluding carboxylic acids is 3. The van der Waals surface area contributed by atoms with Gasteiger partial charge in [-0.25, -0.2) is 9.82 Å². The van der Waals surface area contributed by atoms with Crippen LogP contribution in [0, 0.1) is 12.7 Å². The molecular weight excluding hydrogens is 467 g/mol. The van der Waals surface area contributed by atoms with E-state index in [0.717, 1.165) is 5.56 Å². The molecule has 3 rings (SSSR count). The number of benzene rings is 3. The van der Waals surface area contributed by atoms with E-state index in [0.29, 0.717) is 22.6 Å². The number of carbonyl (C=O) groups is 3. The molecule has 0 aliphatic carbocycles. The number of hydrogen-bond acceptors (Lipinski definition) is 6. The number of rotatable bonds is 10. The first-order chi connectivity index (χ1) is 17.4. The van der Waals surface area contributed by atoms with E-state index >= 15 is 0 Å². The van der Waals surface area contributed by atoms with Crippen molar-refractivity contribution in [3.63, 3.8) is 0 Å². The lowest BCUT2D eigenvalue weighted by atomic mass is 10.1. The Bertz CT molecular complexity index is 1280. The summed E-state index contributed by atoms with van der Waals surface area (Å²) in [6.45, 7) is 1.27. The van der Waals surface area contributed by atoms with E-state index in [1.165, 1.54) is 31.5 Å². The minimum absolute atomic E-state index is 0.0569. The first-order valence-corrected chi connectivity index (χ1v) is 10.9. The molecule has 0 heterocycles. The second kappa shape index (κ2) is 12.7. The summed E-state index contributed by atoms with van der Waals surface area (Å²) in [5.74, 6) is -1.32. The molecule has 0 saturated heterocycles. The van der Waals surface area contributed by atoms with Crippen LogP contribution in [0.4, 0.5) is 10.1 Å². The monoisotopic (exact) mass is 492 g/mol. The maximum absolute atomic E-state index is 13.7. The summed E-state index contributed by atoms with van der Waals surface area (Å²) >= 11 is 0. The number of amides is 3. The number of hydrazone groups is 1. The lowest BCUT2D eigenvalue weighted by Crippen LogP contribution is -2.34. The Kier molecular flexibility index (Phi) is 9.10. The van der Waals surface area contributed by atoms with Gasteiger partial charge in [0.1, 0.15) is 5.82 Å². The summed E-state index contributed by atoms with van der Waals surface area (Å²) in [7, 11) is 1.43. The fourth-order valence-electron chi connectivity index (χ4n) is 3.04. The van der Waals surface area contributed by atoms with Crippen molar-refractivity contribution in [1.82, 2.24) is 10.7 Å². The van der Waals surface area contributed by atoms with Gasteiger partial charge in [0.15, 0.2) is 18.1 Å². The molecule has 0 bridgehead atoms. The third kappa shape index (κ3) is 7.66. The maximum Gasteiger partial charge on any atom is 0.262 e. The molecule has 3 aromatic rings. The molecule has 0 atom stereocenters. The number of hydrogen-bond donors (Lipinski definition) is 3. The van der Waals surface area contributed by atoms with E-state index in [1.54, 1.807) is 42.5 Å². The standard InChI is InChI=1S/C26H25FN4O5/c1-17-6-5-7-19(12-17)26(34)28-15-24(32)31-29-14-18-10-11-22(23(13-18)35-2)36-16-25(33)30-21-9-4-3-8-20(21)27/h3-14H,15-16H2,1-2H3,(H,28,34)(H,30,33)(H,31,32). The number of anilines is 1. The molecule has 0 aromatic heterocycles. The zero-order valence-corrected chi connectivity index (χ0v) is 19.7. The third-order valence-corrected chi connectivity index (χ3v) is 4.79. The molecule has 0 radical (unpaired) electrons. The van der Waals surface area contributed by atoms with Gasteiger partial charge in [0.2, 0.25) is 0 Å². The second-order valence-corrected chi connectivity index (χ2v) is 7.57. The molecule has 0 fully saturated rings. The van der Waals surface area contributed by atoms with Crippen molar-refractivity contribution in [3.8, 4) is 11.5 Å². The molecule has 0 unspecified atom stereocenters. The summed E-state index contributed by atoms with van der Waals surface area (Å²) < 4.78 is 24.4. The molecule has 3 N–H and O–H groups in total. The van der Waals surface area contributed by atoms with Crippen LogP contribution >= 0.6 is 0 Å². The Morgan fingerprint density at radius 2 is 1.78 bits per heavy atom. The minimum Gasteiger partial charge on any atom is -0.493 e. The number of ether oxygens (including phenoxy) is 2. The van der Waals surface area contributed by atoms with Gasteiger partial charge in [-0.3, -0.25) is 14.4 Å². The fourth-order valence-corrected chi connectivity index (χ4v) is 3.04. The van der Waals surface area contributed by atoms with Crippen molar-refractivity contribution in [2.75, 3.05) is 25.6 Å². The highest BCUT2D eigenvalue weighted by molar-refractivity contribution is 5.96. The van der Waals surface area contributed by atoms with Gasteiger partial charge in [-0.15, -0.1) is 0 Å². The fraction of sp³-hybridized carbons (Fsp3) is 0.154. The normalized spacial score (nSPS) is 10.5. The van der Waals surface area contributed by atoms with Crippen LogP contribution in [0.3, 0.4) is 0 Å². The Morgan fingerprint density at radius 1 is 0.972 bits per heavy atom. The lowest BCUT2D eigenvalue weighted by molar-refractivity contribution is -0.120. The quantitative estimate of drug-likeness (QED) is 0.297. The van der Waals surface area contributed by atoms with E-state index in [-0.39, 0.29) is 24.7 Å². The van der Waals surface area contributed by atoms with Crippen LogP contribution in [0.15, 0.2) is 71.8 Å². The van der Waals surface area contributed by atoms with Crippen LogP contribution in [0.2, 0.25) is 0 Å². The first-order valence-electron chi connectivity index (χ1n) is 10.9. The predicted octanol–water partition coefficient (Wildman–Crippen LogP) is 3.04. The largest absolute Gasteiger partial charge is 0.493 e. The van der Waals surface area contributed by atoms with Gasteiger partial charge in [0, 0.05) is 5.56 Å². The van der Waals surface area contributed by atoms with E-state index < -0.39 is 17.6 Å². The van der Waals surface area contributed by atoms with Crippen LogP contribution in [0.5, 0.6) is 11.5 Å². The zero-order valence-electron chi connectivity index (χ0n) is 19.7. The minimum atomic E-state index is -0.548. The smallest absolute Gasteiger partial charge is 0.262 e. The van der Waals surface area contributed by atoms with Crippen molar-refractivity contribution < 1.29 is 28.2 Å². The van der Waals surface area contributed by atoms with Crippen LogP contribution in [-0.4, -0.2) is 44.2 Å². The van der Waals surface area contributed by atoms with Crippen LogP contribution in [0.1, 0.15) is 21.5 Å². The number of para-hydroxylation sites is 1. The average molecular weight is 493 g/mol. The van der Waals surface area contributed by atoms with E-state index in [2.05, 4.69) is 21.2 Å². The van der Waals surface area contributed by atoms with Gasteiger partial charge in [-0.1, -0.05) is 29.8 Å². The summed E-state index contributed by atoms with van der Waals surface area (Å²) in [6.07, 6.45) is 1.39. The molecule has 0 spiro atoms. The molecule has 0 saturated carbocycles. The Hall–Kier alpha value is -4.73. The second-order valence-electron chi connectivity index (χ2n) is 7.57. The number of nitrogens with zero attached hydrogens (tertiary/aromatic N) is 1. The van der Waals surface area contributed by atoms with Crippen LogP contribution < -0.4 is 25.5 Å². The molecule has 0 aliphatic heterocycles. The topological polar surface area (TPSA) is 118 Å². The summed E-state index contributed by atoms with van der Waals surface area (Å²) in [5, 5.41) is 8.83. The average Bonchev–Trinajstić information content (AvgIpc) is 2.87. The lowest BCUT2D eigenvalue weighted by Gasteiger charge is -2.11. The molecule has 0 aliphatic rings. The summed E-state index contributed by atoms with van der Waals surface area (Å²) in [4.78, 5) is 36.1. The summed E-state index contributed by atoms with van der Waals surface area (Å²) in [5.41, 5.74) is 4.37. The first kappa shape index (κ1) is 25.9. The Labute approximate surface area is 207 Å². The number of aryl methyl sites for hydroxylation is 1. The van der Waals surface area contributed by atoms with Gasteiger partial charge in [0.05, 0.1) is 25.6 Å². The molecule has 186 valence electrons. The molecule has 3 aromatic carbocycles. The van der Waals surface area contributed by atoms with Gasteiger partial charge >= 0.3 is 0 Å². The number of methoxy groups -OCH3 is 1. The van der Waals surface area contributed by atoms with Crippen molar-refractivity contribution in [1.29, 1.82) is 0 Å². The van der Waals surface area contributed by atoms with Crippen molar-refractivity contribution >= 4 is 29.6 Å². The summed E-state index contributed by atoms with van der Waals surface area (Å²) in [6, 6.07) is 17.6. The highest BCUT2D eigenvalue weighted by Crippen LogP contribution is 2.27. The molecule has 10 heteroatoms. The Morgan fingerprint density at radius 3 is 2.53 bits per heavy atom. The van der Waals surface area contributed by atoms with Gasteiger partial charge in [-0.05, 0) is 55.0 Å². The van der Waals surface area contributed by atoms with Crippen LogP contribution in [-0.2, 0) is 9.59 Å². The van der Waals surface area contributed by atoms with Gasteiger partial charge < -0.3 is 20.1 Å². The van der Waals surface area contributed by atoms with Crippen molar-refractivity contribution in [3.05, 3.63) is 89.2 Å². The third-order valence-electron chi connectivity index (χ3n) is 4.79. The SMILES string of the molecule is COc1cc(C=NNC(=O)CNC(=O)c2cccc(C)c2)ccc1OCC(=O)Nc1ccccc1F. The highest BCUT2D eigenvalue weighted by atomic mass is 19.1. The molecular formula is C26H25FN4O5. The predicted molar refractivity (Wildman–Crippen MR) is 133 cm³/mol. The number of nitrogens with one attached hydrogen (secondary N) is 3. The van der Waals surface area contributed by atoms with Gasteiger partial charge in [-0.2, -0.15) is 5.10 Å². The van der Waals surface area contributed by atoms with Crippen LogP contribution in [0.25, 0.3) is 0 Å². The van der Waals surface area contributed by atoms with E-state index in [4.69, 9.17) is 9.47 Å². The van der Waals surface area contributed by atoms with E-state index in [9.17, 15) is 18.8 Å². The molecule has 36 heavy (non-hydrogen) atoms. The number of halogens is 1. The van der Waals surface area contributed by atoms with E-state index in [1.807, 2.05) is 13.0 Å². The highest BCUT2D eigenvalue weighted by Gasteiger charge is 2.11. The molecule has 9 nitrogen and oxygen atoms in total. The maximum atomic E-state index is 13.7. The van der Waals surface area contributed by atoms with Crippen molar-refractivity contribution in [2.45, 2.75) is 6.92 Å². The molecule has 3 amide bonds. The van der Waals surface area contributed by atoms with Crippen molar-refractivity contribution in [2.24, 2.45) is 5.10 Å².